The molecule has 7 nitrogen and oxygen atoms in total. The number of hydrogen-bond acceptors (Lipinski definition) is 7. The zero-order valence-electron chi connectivity index (χ0n) is 19.0. The minimum Gasteiger partial charge on any atom is -0.462 e. The van der Waals surface area contributed by atoms with Gasteiger partial charge in [0.1, 0.15) is 19.0 Å². The molecular weight excluding hydrogens is 412 g/mol. The van der Waals surface area contributed by atoms with Gasteiger partial charge in [-0.25, -0.2) is 4.79 Å². The third-order valence-corrected chi connectivity index (χ3v) is 10.00. The molecule has 0 spiro atoms. The van der Waals surface area contributed by atoms with E-state index in [0.29, 0.717) is 38.7 Å². The van der Waals surface area contributed by atoms with Gasteiger partial charge in [-0.15, -0.1) is 0 Å². The average Bonchev–Trinajstić information content (AvgIpc) is 3.27. The zero-order chi connectivity index (χ0) is 22.9. The fourth-order valence-electron chi connectivity index (χ4n) is 8.44. The van der Waals surface area contributed by atoms with Gasteiger partial charge in [0.2, 0.25) is 0 Å². The summed E-state index contributed by atoms with van der Waals surface area (Å²) in [6.45, 7) is 3.82. The Bertz CT molecular complexity index is 882. The number of aliphatic hydroxyl groups is 2. The van der Waals surface area contributed by atoms with Crippen LogP contribution in [-0.2, 0) is 23.9 Å². The highest BCUT2D eigenvalue weighted by Gasteiger charge is 2.70. The van der Waals surface area contributed by atoms with Crippen molar-refractivity contribution in [2.75, 3.05) is 6.61 Å². The van der Waals surface area contributed by atoms with E-state index in [-0.39, 0.29) is 47.6 Å². The summed E-state index contributed by atoms with van der Waals surface area (Å²) in [5, 5.41) is 23.9. The second kappa shape index (κ2) is 7.13. The Morgan fingerprint density at radius 1 is 1.12 bits per heavy atom. The van der Waals surface area contributed by atoms with Gasteiger partial charge in [0, 0.05) is 19.4 Å². The molecule has 5 rings (SSSR count). The molecule has 0 aromatic heterocycles. The van der Waals surface area contributed by atoms with Gasteiger partial charge in [0.25, 0.3) is 0 Å². The van der Waals surface area contributed by atoms with Gasteiger partial charge in [-0.3, -0.25) is 4.79 Å². The molecule has 2 N–H and O–H groups in total. The van der Waals surface area contributed by atoms with Gasteiger partial charge in [0.05, 0.1) is 16.6 Å². The first-order valence-corrected chi connectivity index (χ1v) is 12.0. The Morgan fingerprint density at radius 2 is 1.88 bits per heavy atom. The predicted molar refractivity (Wildman–Crippen MR) is 113 cm³/mol. The highest BCUT2D eigenvalue weighted by molar-refractivity contribution is 5.85. The normalized spacial score (nSPS) is 49.9. The molecule has 32 heavy (non-hydrogen) atoms. The first-order chi connectivity index (χ1) is 15.1. The smallest absolute Gasteiger partial charge is 0.331 e. The fourth-order valence-corrected chi connectivity index (χ4v) is 8.44. The summed E-state index contributed by atoms with van der Waals surface area (Å²) in [5.74, 6) is -0.765. The lowest BCUT2D eigenvalue weighted by molar-refractivity contribution is -0.247. The average molecular weight is 447 g/mol. The molecule has 176 valence electrons. The van der Waals surface area contributed by atoms with Crippen molar-refractivity contribution >= 4 is 18.2 Å². The van der Waals surface area contributed by atoms with Crippen LogP contribution in [0.25, 0.3) is 0 Å². The van der Waals surface area contributed by atoms with Gasteiger partial charge in [-0.2, -0.15) is 0 Å². The third kappa shape index (κ3) is 2.89. The molecule has 5 aliphatic rings. The number of cyclic esters (lactones) is 1. The van der Waals surface area contributed by atoms with Gasteiger partial charge in [-0.1, -0.05) is 6.92 Å². The number of hydrogen-bond donors (Lipinski definition) is 2. The summed E-state index contributed by atoms with van der Waals surface area (Å²) in [7, 11) is 0. The maximum absolute atomic E-state index is 12.7. The van der Waals surface area contributed by atoms with Crippen molar-refractivity contribution in [1.82, 2.24) is 0 Å². The first-order valence-electron chi connectivity index (χ1n) is 12.0. The fraction of sp³-hybridized carbons (Fsp3) is 0.800. The number of ether oxygens (including phenoxy) is 2. The van der Waals surface area contributed by atoms with Crippen molar-refractivity contribution in [2.45, 2.75) is 88.9 Å². The van der Waals surface area contributed by atoms with Crippen molar-refractivity contribution in [1.29, 1.82) is 0 Å². The number of carbonyl (C=O) groups excluding carboxylic acids is 3. The maximum atomic E-state index is 12.7. The van der Waals surface area contributed by atoms with Crippen LogP contribution < -0.4 is 0 Å². The molecule has 7 heteroatoms. The predicted octanol–water partition coefficient (Wildman–Crippen LogP) is 2.47. The lowest BCUT2D eigenvalue weighted by Gasteiger charge is -2.64. The molecule has 0 bridgehead atoms. The summed E-state index contributed by atoms with van der Waals surface area (Å²) in [6, 6.07) is 0. The lowest BCUT2D eigenvalue weighted by Crippen LogP contribution is -2.68. The van der Waals surface area contributed by atoms with Crippen molar-refractivity contribution in [3.8, 4) is 0 Å². The van der Waals surface area contributed by atoms with Crippen molar-refractivity contribution in [3.63, 3.8) is 0 Å². The van der Waals surface area contributed by atoms with E-state index in [1.807, 2.05) is 0 Å². The molecular formula is C25H34O7. The SMILES string of the molecule is CC(=O)O[C@@H]1CC[C@]2(C=O)[C@@H]3CC[C@]4(C)C[C@H](C5=CC(=O)OC5)C[C@]4(O)[C@@H]3CC[C@]2(O)C1. The van der Waals surface area contributed by atoms with Crippen LogP contribution in [0.1, 0.15) is 71.6 Å². The summed E-state index contributed by atoms with van der Waals surface area (Å²) in [6.07, 6.45) is 7.44. The van der Waals surface area contributed by atoms with Crippen LogP contribution in [-0.4, -0.2) is 52.4 Å². The lowest BCUT2D eigenvalue weighted by atomic mass is 9.42. The molecule has 4 aliphatic carbocycles. The van der Waals surface area contributed by atoms with Crippen LogP contribution in [0, 0.1) is 28.6 Å². The van der Waals surface area contributed by atoms with Gasteiger partial charge in [0.15, 0.2) is 0 Å². The van der Waals surface area contributed by atoms with Crippen LogP contribution in [0.5, 0.6) is 0 Å². The quantitative estimate of drug-likeness (QED) is 0.506. The summed E-state index contributed by atoms with van der Waals surface area (Å²) < 4.78 is 10.5. The highest BCUT2D eigenvalue weighted by atomic mass is 16.5. The molecule has 0 radical (unpaired) electrons. The third-order valence-electron chi connectivity index (χ3n) is 10.00. The number of esters is 2. The molecule has 4 saturated carbocycles. The van der Waals surface area contributed by atoms with E-state index >= 15 is 0 Å². The van der Waals surface area contributed by atoms with E-state index in [1.165, 1.54) is 6.92 Å². The van der Waals surface area contributed by atoms with Gasteiger partial charge in [-0.05, 0) is 80.1 Å². The number of carbonyl (C=O) groups is 3. The molecule has 0 saturated heterocycles. The van der Waals surface area contributed by atoms with E-state index in [4.69, 9.17) is 9.47 Å². The first kappa shape index (κ1) is 22.1. The Hall–Kier alpha value is -1.73. The molecule has 4 fully saturated rings. The van der Waals surface area contributed by atoms with Gasteiger partial charge >= 0.3 is 11.9 Å². The van der Waals surface area contributed by atoms with E-state index < -0.39 is 16.6 Å². The molecule has 8 atom stereocenters. The molecule has 0 unspecified atom stereocenters. The van der Waals surface area contributed by atoms with E-state index in [1.54, 1.807) is 6.08 Å². The van der Waals surface area contributed by atoms with Crippen LogP contribution in [0.4, 0.5) is 0 Å². The molecule has 0 aromatic rings. The van der Waals surface area contributed by atoms with Crippen molar-refractivity contribution in [2.24, 2.45) is 28.6 Å². The van der Waals surface area contributed by atoms with Crippen molar-refractivity contribution < 1.29 is 34.1 Å². The van der Waals surface area contributed by atoms with Crippen LogP contribution in [0.3, 0.4) is 0 Å². The number of rotatable bonds is 3. The Labute approximate surface area is 188 Å². The molecule has 1 heterocycles. The van der Waals surface area contributed by atoms with Crippen LogP contribution >= 0.6 is 0 Å². The standard InChI is InChI=1S/C25H34O7/c1-15(27)32-18-3-7-23(14-26)19-4-6-22(2)10-17(16-9-21(28)31-13-16)11-25(22,30)20(19)5-8-24(23,29)12-18/h9,14,17-20,29-30H,3-8,10-13H2,1-2H3/t17-,18+,19+,20+,22+,23-,24-,25-/m0/s1. The molecule has 1 aliphatic heterocycles. The van der Waals surface area contributed by atoms with Gasteiger partial charge < -0.3 is 24.5 Å². The zero-order valence-corrected chi connectivity index (χ0v) is 19.0. The van der Waals surface area contributed by atoms with E-state index in [9.17, 15) is 24.6 Å². The summed E-state index contributed by atoms with van der Waals surface area (Å²) in [4.78, 5) is 35.8. The van der Waals surface area contributed by atoms with Crippen LogP contribution in [0.15, 0.2) is 11.6 Å². The minimum absolute atomic E-state index is 0.0828. The topological polar surface area (TPSA) is 110 Å². The second-order valence-corrected chi connectivity index (χ2v) is 11.4. The Kier molecular flexibility index (Phi) is 4.92. The largest absolute Gasteiger partial charge is 0.462 e. The van der Waals surface area contributed by atoms with E-state index in [0.717, 1.165) is 31.1 Å². The molecule has 0 aromatic carbocycles. The van der Waals surface area contributed by atoms with Crippen molar-refractivity contribution in [3.05, 3.63) is 11.6 Å². The van der Waals surface area contributed by atoms with Crippen LogP contribution in [0.2, 0.25) is 0 Å². The highest BCUT2D eigenvalue weighted by Crippen LogP contribution is 2.69. The number of fused-ring (bicyclic) bond motifs is 5. The summed E-state index contributed by atoms with van der Waals surface area (Å²) >= 11 is 0. The monoisotopic (exact) mass is 446 g/mol. The summed E-state index contributed by atoms with van der Waals surface area (Å²) in [5.41, 5.74) is -2.41. The number of aldehydes is 1. The minimum atomic E-state index is -1.22. The maximum Gasteiger partial charge on any atom is 0.331 e. The Balaban J connectivity index is 1.45. The van der Waals surface area contributed by atoms with E-state index in [2.05, 4.69) is 6.92 Å². The second-order valence-electron chi connectivity index (χ2n) is 11.4. The Morgan fingerprint density at radius 3 is 2.53 bits per heavy atom. The molecule has 0 amide bonds.